The maximum Gasteiger partial charge on any atom is 0.469 e. The molecule has 0 rings (SSSR count). The zero-order chi connectivity index (χ0) is 11.4. The van der Waals surface area contributed by atoms with E-state index in [2.05, 4.69) is 4.52 Å². The normalized spacial score (nSPS) is 16.4. The summed E-state index contributed by atoms with van der Waals surface area (Å²) in [4.78, 5) is 27.2. The molecule has 0 bridgehead atoms. The fourth-order valence-electron chi connectivity index (χ4n) is 0.600. The molecule has 0 spiro atoms. The second-order valence-electron chi connectivity index (χ2n) is 2.47. The van der Waals surface area contributed by atoms with Crippen LogP contribution in [0.3, 0.4) is 0 Å². The highest BCUT2D eigenvalue weighted by Crippen LogP contribution is 2.35. The average molecular weight is 229 g/mol. The van der Waals surface area contributed by atoms with Crippen molar-refractivity contribution in [2.24, 2.45) is 5.73 Å². The van der Waals surface area contributed by atoms with Gasteiger partial charge in [-0.25, -0.2) is 4.57 Å². The van der Waals surface area contributed by atoms with Gasteiger partial charge in [0.2, 0.25) is 0 Å². The molecule has 0 saturated carbocycles. The number of ketones is 1. The third kappa shape index (κ3) is 5.40. The van der Waals surface area contributed by atoms with Crippen molar-refractivity contribution in [2.45, 2.75) is 12.2 Å². The van der Waals surface area contributed by atoms with E-state index in [1.54, 1.807) is 0 Å². The zero-order valence-electron chi connectivity index (χ0n) is 7.11. The van der Waals surface area contributed by atoms with Crippen LogP contribution in [0.2, 0.25) is 0 Å². The van der Waals surface area contributed by atoms with E-state index in [0.717, 1.165) is 0 Å². The summed E-state index contributed by atoms with van der Waals surface area (Å²) < 4.78 is 14.0. The predicted molar refractivity (Wildman–Crippen MR) is 44.1 cm³/mol. The van der Waals surface area contributed by atoms with Crippen LogP contribution in [-0.4, -0.2) is 51.1 Å². The molecule has 6 N–H and O–H groups in total. The van der Waals surface area contributed by atoms with Crippen molar-refractivity contribution in [2.75, 3.05) is 13.2 Å². The quantitative estimate of drug-likeness (QED) is 0.310. The van der Waals surface area contributed by atoms with Crippen LogP contribution in [0.4, 0.5) is 0 Å². The molecular formula is C5H12NO7P. The summed E-state index contributed by atoms with van der Waals surface area (Å²) in [5, 5.41) is 18.0. The summed E-state index contributed by atoms with van der Waals surface area (Å²) in [7, 11) is -4.71. The highest BCUT2D eigenvalue weighted by atomic mass is 31.2. The highest BCUT2D eigenvalue weighted by Gasteiger charge is 2.26. The van der Waals surface area contributed by atoms with Crippen molar-refractivity contribution in [3.63, 3.8) is 0 Å². The Morgan fingerprint density at radius 3 is 2.29 bits per heavy atom. The first-order valence-corrected chi connectivity index (χ1v) is 5.10. The first-order chi connectivity index (χ1) is 6.28. The molecule has 0 radical (unpaired) electrons. The first kappa shape index (κ1) is 13.7. The van der Waals surface area contributed by atoms with E-state index in [1.807, 2.05) is 0 Å². The third-order valence-corrected chi connectivity index (χ3v) is 1.79. The third-order valence-electron chi connectivity index (χ3n) is 1.31. The number of aliphatic hydroxyl groups is 2. The molecule has 2 atom stereocenters. The van der Waals surface area contributed by atoms with Crippen molar-refractivity contribution < 1.29 is 33.9 Å². The van der Waals surface area contributed by atoms with E-state index >= 15 is 0 Å². The Labute approximate surface area is 79.5 Å². The summed E-state index contributed by atoms with van der Waals surface area (Å²) >= 11 is 0. The number of hydrogen-bond donors (Lipinski definition) is 5. The van der Waals surface area contributed by atoms with Crippen molar-refractivity contribution >= 4 is 13.6 Å². The van der Waals surface area contributed by atoms with Gasteiger partial charge in [0.25, 0.3) is 0 Å². The van der Waals surface area contributed by atoms with E-state index in [0.29, 0.717) is 0 Å². The van der Waals surface area contributed by atoms with Gasteiger partial charge in [-0.05, 0) is 0 Å². The van der Waals surface area contributed by atoms with Crippen LogP contribution in [0, 0.1) is 0 Å². The Morgan fingerprint density at radius 2 is 1.93 bits per heavy atom. The van der Waals surface area contributed by atoms with Gasteiger partial charge in [-0.3, -0.25) is 9.32 Å². The average Bonchev–Trinajstić information content (AvgIpc) is 2.10. The van der Waals surface area contributed by atoms with Crippen molar-refractivity contribution in [3.8, 4) is 0 Å². The Bertz CT molecular complexity index is 238. The molecule has 0 fully saturated rings. The predicted octanol–water partition coefficient (Wildman–Crippen LogP) is -2.65. The lowest BCUT2D eigenvalue weighted by Gasteiger charge is -2.16. The summed E-state index contributed by atoms with van der Waals surface area (Å²) in [6.07, 6.45) is -3.51. The maximum atomic E-state index is 10.7. The van der Waals surface area contributed by atoms with Gasteiger partial charge in [0, 0.05) is 0 Å². The summed E-state index contributed by atoms with van der Waals surface area (Å²) in [5.41, 5.74) is 4.88. The number of aliphatic hydroxyl groups excluding tert-OH is 2. The van der Waals surface area contributed by atoms with Gasteiger partial charge >= 0.3 is 7.82 Å². The number of carbonyl (C=O) groups excluding carboxylic acids is 1. The SMILES string of the molecule is NCC(=O)[C@H](O)[C@H](O)COP(=O)(O)O. The Balaban J connectivity index is 4.02. The van der Waals surface area contributed by atoms with E-state index < -0.39 is 39.0 Å². The van der Waals surface area contributed by atoms with Crippen LogP contribution >= 0.6 is 7.82 Å². The summed E-state index contributed by atoms with van der Waals surface area (Å²) in [6.45, 7) is -1.33. The largest absolute Gasteiger partial charge is 0.469 e. The molecule has 0 aliphatic rings. The van der Waals surface area contributed by atoms with Crippen LogP contribution < -0.4 is 5.73 Å². The Morgan fingerprint density at radius 1 is 1.43 bits per heavy atom. The zero-order valence-corrected chi connectivity index (χ0v) is 8.00. The smallest absolute Gasteiger partial charge is 0.388 e. The number of phosphoric ester groups is 1. The van der Waals surface area contributed by atoms with Gasteiger partial charge in [0.15, 0.2) is 5.78 Å². The molecule has 0 aromatic heterocycles. The van der Waals surface area contributed by atoms with Gasteiger partial charge in [-0.1, -0.05) is 0 Å². The molecule has 0 aromatic carbocycles. The lowest BCUT2D eigenvalue weighted by atomic mass is 10.1. The Kier molecular flexibility index (Phi) is 5.38. The first-order valence-electron chi connectivity index (χ1n) is 3.57. The second kappa shape index (κ2) is 5.52. The molecule has 0 aromatic rings. The molecule has 0 unspecified atom stereocenters. The number of hydrogen-bond acceptors (Lipinski definition) is 6. The molecule has 84 valence electrons. The topological polar surface area (TPSA) is 150 Å². The summed E-state index contributed by atoms with van der Waals surface area (Å²) in [6, 6.07) is 0. The second-order valence-corrected chi connectivity index (χ2v) is 3.71. The van der Waals surface area contributed by atoms with E-state index in [-0.39, 0.29) is 0 Å². The van der Waals surface area contributed by atoms with Crippen molar-refractivity contribution in [3.05, 3.63) is 0 Å². The maximum absolute atomic E-state index is 10.7. The minimum Gasteiger partial charge on any atom is -0.388 e. The number of Topliss-reactive ketones (excluding diaryl/α,β-unsaturated/α-hetero) is 1. The fourth-order valence-corrected chi connectivity index (χ4v) is 0.947. The van der Waals surface area contributed by atoms with Gasteiger partial charge in [-0.15, -0.1) is 0 Å². The highest BCUT2D eigenvalue weighted by molar-refractivity contribution is 7.46. The van der Waals surface area contributed by atoms with E-state index in [4.69, 9.17) is 25.7 Å². The molecule has 0 aliphatic heterocycles. The minimum absolute atomic E-state index is 0.478. The molecular weight excluding hydrogens is 217 g/mol. The number of nitrogens with two attached hydrogens (primary N) is 1. The monoisotopic (exact) mass is 229 g/mol. The molecule has 9 heteroatoms. The molecule has 8 nitrogen and oxygen atoms in total. The van der Waals surface area contributed by atoms with Gasteiger partial charge in [-0.2, -0.15) is 0 Å². The fraction of sp³-hybridized carbons (Fsp3) is 0.800. The van der Waals surface area contributed by atoms with E-state index in [1.165, 1.54) is 0 Å². The van der Waals surface area contributed by atoms with Crippen molar-refractivity contribution in [1.29, 1.82) is 0 Å². The Hall–Kier alpha value is -0.340. The molecule has 0 heterocycles. The molecule has 0 amide bonds. The minimum atomic E-state index is -4.71. The van der Waals surface area contributed by atoms with Gasteiger partial charge < -0.3 is 25.7 Å². The van der Waals surface area contributed by atoms with Crippen LogP contribution in [0.5, 0.6) is 0 Å². The van der Waals surface area contributed by atoms with Crippen LogP contribution in [0.25, 0.3) is 0 Å². The van der Waals surface area contributed by atoms with Gasteiger partial charge in [0.05, 0.1) is 13.2 Å². The van der Waals surface area contributed by atoms with Crippen LogP contribution in [0.1, 0.15) is 0 Å². The number of carbonyl (C=O) groups is 1. The number of phosphoric acid groups is 1. The lowest BCUT2D eigenvalue weighted by Crippen LogP contribution is -2.40. The molecule has 14 heavy (non-hydrogen) atoms. The standard InChI is InChI=1S/C5H12NO7P/c6-1-3(7)5(9)4(8)2-13-14(10,11)12/h4-5,8-9H,1-2,6H2,(H2,10,11,12)/t4-,5+/m1/s1. The van der Waals surface area contributed by atoms with Crippen LogP contribution in [-0.2, 0) is 13.9 Å². The van der Waals surface area contributed by atoms with Crippen molar-refractivity contribution in [1.82, 2.24) is 0 Å². The van der Waals surface area contributed by atoms with Crippen LogP contribution in [0.15, 0.2) is 0 Å². The molecule has 0 saturated heterocycles. The number of rotatable bonds is 6. The molecule has 0 aliphatic carbocycles. The summed E-state index contributed by atoms with van der Waals surface area (Å²) in [5.74, 6) is -0.841. The van der Waals surface area contributed by atoms with E-state index in [9.17, 15) is 9.36 Å². The lowest BCUT2D eigenvalue weighted by molar-refractivity contribution is -0.132. The van der Waals surface area contributed by atoms with Gasteiger partial charge in [0.1, 0.15) is 12.2 Å².